The predicted octanol–water partition coefficient (Wildman–Crippen LogP) is 5.89. The van der Waals surface area contributed by atoms with Gasteiger partial charge in [0.1, 0.15) is 12.3 Å². The third kappa shape index (κ3) is 4.50. The Morgan fingerprint density at radius 1 is 0.844 bits per heavy atom. The first kappa shape index (κ1) is 32.3. The standard InChI is InChI=1S/C31H29F4NO6S3/c1-27-21(16-23(43-27)18-6-8-20(37)9-7-18)25-26(30(41-3,42-4)31(34,35)29(25,32)33)22-17-24(44-28(22,27)2)19-10-13-36(14-11-19)12-5-15-45(38,39)40/h6-11,13-14,16-17H,5,12,15H2,1-4H3,(H,38,39,40)/t27-,28-/m1/s1. The Bertz CT molecular complexity index is 1820. The molecule has 0 saturated heterocycles. The van der Waals surface area contributed by atoms with Crippen LogP contribution >= 0.6 is 23.5 Å². The minimum absolute atomic E-state index is 0.0259. The van der Waals surface area contributed by atoms with E-state index in [1.807, 2.05) is 6.92 Å². The Balaban J connectivity index is 1.52. The van der Waals surface area contributed by atoms with Gasteiger partial charge in [-0.25, -0.2) is 13.0 Å². The Labute approximate surface area is 266 Å². The number of benzene rings is 1. The van der Waals surface area contributed by atoms with Gasteiger partial charge in [0.2, 0.25) is 0 Å². The largest absolute Gasteiger partial charge is 0.748 e. The van der Waals surface area contributed by atoms with E-state index < -0.39 is 54.1 Å². The topological polar surface area (TPSA) is 99.8 Å². The molecular weight excluding hydrogens is 655 g/mol. The number of allylic oxidation sites excluding steroid dienone is 2. The predicted molar refractivity (Wildman–Crippen MR) is 163 cm³/mol. The molecule has 45 heavy (non-hydrogen) atoms. The van der Waals surface area contributed by atoms with Gasteiger partial charge in [-0.2, -0.15) is 17.6 Å². The molecule has 2 aromatic rings. The van der Waals surface area contributed by atoms with Crippen LogP contribution in [0.3, 0.4) is 0 Å². The zero-order chi connectivity index (χ0) is 32.8. The summed E-state index contributed by atoms with van der Waals surface area (Å²) in [7, 11) is -2.47. The van der Waals surface area contributed by atoms with Gasteiger partial charge in [0, 0.05) is 59.5 Å². The molecule has 4 aliphatic rings. The maximum atomic E-state index is 16.2. The van der Waals surface area contributed by atoms with Crippen molar-refractivity contribution in [2.45, 2.75) is 53.9 Å². The molecule has 0 amide bonds. The second-order valence-corrected chi connectivity index (χ2v) is 16.0. The lowest BCUT2D eigenvalue weighted by molar-refractivity contribution is -0.696. The van der Waals surface area contributed by atoms with E-state index in [0.29, 0.717) is 20.9 Å². The number of thioether (sulfide) groups is 2. The average molecular weight is 684 g/mol. The molecule has 1 N–H and O–H groups in total. The van der Waals surface area contributed by atoms with Gasteiger partial charge >= 0.3 is 11.8 Å². The molecule has 0 radical (unpaired) electrons. The van der Waals surface area contributed by atoms with Crippen LogP contribution in [0.2, 0.25) is 0 Å². The Morgan fingerprint density at radius 2 is 1.33 bits per heavy atom. The molecule has 2 aliphatic heterocycles. The summed E-state index contributed by atoms with van der Waals surface area (Å²) in [5.41, 5.74) is 0.418. The number of phenolic OH excluding ortho intramolecular Hbond substituents is 1. The van der Waals surface area contributed by atoms with Crippen molar-refractivity contribution < 1.29 is 49.7 Å². The normalized spacial score (nSPS) is 27.7. The third-order valence-corrected chi connectivity index (χ3v) is 13.2. The molecule has 3 heterocycles. The number of ether oxygens (including phenoxy) is 2. The molecule has 1 fully saturated rings. The number of aromatic nitrogens is 1. The van der Waals surface area contributed by atoms with E-state index in [0.717, 1.165) is 14.2 Å². The van der Waals surface area contributed by atoms with Crippen LogP contribution in [0.25, 0.3) is 9.81 Å². The average Bonchev–Trinajstić information content (AvgIpc) is 3.56. The van der Waals surface area contributed by atoms with Gasteiger partial charge in [-0.1, -0.05) is 12.1 Å². The molecular formula is C31H29F4NO6S3. The third-order valence-electron chi connectivity index (χ3n) is 9.07. The minimum atomic E-state index is -4.75. The van der Waals surface area contributed by atoms with Crippen LogP contribution in [0.15, 0.2) is 83.2 Å². The van der Waals surface area contributed by atoms with Gasteiger partial charge in [-0.3, -0.25) is 0 Å². The van der Waals surface area contributed by atoms with Crippen LogP contribution < -0.4 is 4.57 Å². The zero-order valence-electron chi connectivity index (χ0n) is 24.6. The highest BCUT2D eigenvalue weighted by Crippen LogP contribution is 2.75. The van der Waals surface area contributed by atoms with Crippen LogP contribution in [0, 0.1) is 0 Å². The summed E-state index contributed by atoms with van der Waals surface area (Å²) in [5, 5.41) is 9.81. The number of methoxy groups -OCH3 is 2. The number of alkyl halides is 4. The summed E-state index contributed by atoms with van der Waals surface area (Å²) in [5.74, 6) is -12.9. The molecule has 240 valence electrons. The number of aromatic hydroxyl groups is 1. The second kappa shape index (κ2) is 10.4. The number of fused-ring (bicyclic) bond motifs is 4. The highest BCUT2D eigenvalue weighted by atomic mass is 32.2. The van der Waals surface area contributed by atoms with Crippen molar-refractivity contribution >= 4 is 43.5 Å². The lowest BCUT2D eigenvalue weighted by atomic mass is 9.71. The molecule has 0 bridgehead atoms. The van der Waals surface area contributed by atoms with Gasteiger partial charge < -0.3 is 19.1 Å². The first-order valence-corrected chi connectivity index (χ1v) is 17.1. The maximum Gasteiger partial charge on any atom is 0.371 e. The first-order valence-electron chi connectivity index (χ1n) is 13.9. The first-order chi connectivity index (χ1) is 21.0. The Morgan fingerprint density at radius 3 is 1.82 bits per heavy atom. The van der Waals surface area contributed by atoms with E-state index in [4.69, 9.17) is 9.47 Å². The Kier molecular flexibility index (Phi) is 7.50. The van der Waals surface area contributed by atoms with Crippen LogP contribution in [-0.4, -0.2) is 65.2 Å². The van der Waals surface area contributed by atoms with Crippen molar-refractivity contribution in [3.63, 3.8) is 0 Å². The molecule has 6 rings (SSSR count). The van der Waals surface area contributed by atoms with Crippen LogP contribution in [-0.2, 0) is 26.1 Å². The van der Waals surface area contributed by atoms with Gasteiger partial charge in [-0.05, 0) is 60.4 Å². The fourth-order valence-electron chi connectivity index (χ4n) is 6.58. The number of aryl methyl sites for hydroxylation is 1. The molecule has 0 unspecified atom stereocenters. The fraction of sp³-hybridized carbons (Fsp3) is 0.387. The summed E-state index contributed by atoms with van der Waals surface area (Å²) >= 11 is 2.67. The SMILES string of the molecule is COC1(OC)C2=C3C=C(c4cc[n+](CCCS(=O)(=O)[O-])cc4)S[C@@]3(C)[C@]3(C)SC(c4ccc(O)cc4)=CC3=C2C(F)(F)C1(F)F. The molecule has 1 aromatic heterocycles. The number of halogens is 4. The number of hydrogen-bond acceptors (Lipinski definition) is 8. The molecule has 0 spiro atoms. The van der Waals surface area contributed by atoms with E-state index in [1.165, 1.54) is 41.7 Å². The van der Waals surface area contributed by atoms with Crippen molar-refractivity contribution in [2.24, 2.45) is 0 Å². The van der Waals surface area contributed by atoms with Crippen molar-refractivity contribution in [3.05, 3.63) is 94.4 Å². The summed E-state index contributed by atoms with van der Waals surface area (Å²) < 4.78 is 107. The van der Waals surface area contributed by atoms with Gasteiger partial charge in [0.05, 0.1) is 19.6 Å². The summed E-state index contributed by atoms with van der Waals surface area (Å²) in [4.78, 5) is 1.23. The van der Waals surface area contributed by atoms with Crippen LogP contribution in [0.4, 0.5) is 17.6 Å². The molecule has 14 heteroatoms. The number of pyridine rings is 1. The van der Waals surface area contributed by atoms with E-state index >= 15 is 17.6 Å². The van der Waals surface area contributed by atoms with Crippen molar-refractivity contribution in [2.75, 3.05) is 20.0 Å². The molecule has 2 atom stereocenters. The number of hydrogen-bond donors (Lipinski definition) is 1. The van der Waals surface area contributed by atoms with E-state index in [1.54, 1.807) is 54.2 Å². The number of nitrogens with zero attached hydrogens (tertiary/aromatic N) is 1. The number of rotatable bonds is 8. The van der Waals surface area contributed by atoms with Crippen molar-refractivity contribution in [3.8, 4) is 5.75 Å². The molecule has 1 saturated carbocycles. The highest BCUT2D eigenvalue weighted by Gasteiger charge is 2.83. The fourth-order valence-corrected chi connectivity index (χ4v) is 10.2. The van der Waals surface area contributed by atoms with Crippen molar-refractivity contribution in [1.29, 1.82) is 0 Å². The summed E-state index contributed by atoms with van der Waals surface area (Å²) in [6, 6.07) is 9.75. The molecule has 1 aromatic carbocycles. The van der Waals surface area contributed by atoms with Gasteiger partial charge in [0.25, 0.3) is 5.79 Å². The quantitative estimate of drug-likeness (QED) is 0.159. The maximum absolute atomic E-state index is 16.2. The monoisotopic (exact) mass is 683 g/mol. The van der Waals surface area contributed by atoms with Gasteiger partial charge in [-0.15, -0.1) is 23.5 Å². The van der Waals surface area contributed by atoms with Crippen molar-refractivity contribution in [1.82, 2.24) is 0 Å². The summed E-state index contributed by atoms with van der Waals surface area (Å²) in [6.07, 6.45) is 6.72. The van der Waals surface area contributed by atoms with E-state index in [9.17, 15) is 18.1 Å². The molecule has 7 nitrogen and oxygen atoms in total. The summed E-state index contributed by atoms with van der Waals surface area (Å²) in [6.45, 7) is 3.91. The Hall–Kier alpha value is -2.62. The lowest BCUT2D eigenvalue weighted by Crippen LogP contribution is -2.55. The highest BCUT2D eigenvalue weighted by molar-refractivity contribution is 8.14. The zero-order valence-corrected chi connectivity index (χ0v) is 27.0. The number of phenols is 1. The van der Waals surface area contributed by atoms with Crippen LogP contribution in [0.1, 0.15) is 31.4 Å². The van der Waals surface area contributed by atoms with E-state index in [2.05, 4.69) is 0 Å². The van der Waals surface area contributed by atoms with Crippen LogP contribution in [0.5, 0.6) is 5.75 Å². The van der Waals surface area contributed by atoms with Gasteiger partial charge in [0.15, 0.2) is 12.4 Å². The van der Waals surface area contributed by atoms with E-state index in [-0.39, 0.29) is 29.9 Å². The second-order valence-electron chi connectivity index (χ2n) is 11.5. The lowest BCUT2D eigenvalue weighted by Gasteiger charge is -2.48. The smallest absolute Gasteiger partial charge is 0.371 e. The minimum Gasteiger partial charge on any atom is -0.748 e. The molecule has 2 aliphatic carbocycles.